The highest BCUT2D eigenvalue weighted by Gasteiger charge is 2.26. The molecule has 0 saturated heterocycles. The molecule has 0 spiro atoms. The number of ether oxygens (including phenoxy) is 1. The van der Waals surface area contributed by atoms with E-state index >= 15 is 0 Å². The van der Waals surface area contributed by atoms with Crippen molar-refractivity contribution in [2.75, 3.05) is 17.2 Å². The molecular formula is C25H31N7O2. The molecule has 0 unspecified atom stereocenters. The van der Waals surface area contributed by atoms with Gasteiger partial charge in [-0.15, -0.1) is 0 Å². The molecular weight excluding hydrogens is 430 g/mol. The van der Waals surface area contributed by atoms with Crippen molar-refractivity contribution in [2.45, 2.75) is 65.0 Å². The zero-order valence-corrected chi connectivity index (χ0v) is 20.1. The number of aromatic nitrogens is 4. The third-order valence-corrected chi connectivity index (χ3v) is 5.85. The van der Waals surface area contributed by atoms with Gasteiger partial charge in [0.15, 0.2) is 5.82 Å². The number of aryl methyl sites for hydroxylation is 1. The van der Waals surface area contributed by atoms with Crippen molar-refractivity contribution >= 4 is 29.4 Å². The normalized spacial score (nSPS) is 15.6. The predicted molar refractivity (Wildman–Crippen MR) is 131 cm³/mol. The number of H-pyrrole nitrogens is 1. The van der Waals surface area contributed by atoms with Crippen molar-refractivity contribution in [2.24, 2.45) is 0 Å². The fourth-order valence-electron chi connectivity index (χ4n) is 4.07. The second-order valence-corrected chi connectivity index (χ2v) is 10.1. The first-order valence-electron chi connectivity index (χ1n) is 11.8. The minimum atomic E-state index is -0.510. The number of benzene rings is 1. The molecule has 1 aromatic carbocycles. The second-order valence-electron chi connectivity index (χ2n) is 10.1. The topological polar surface area (TPSA) is 108 Å². The van der Waals surface area contributed by atoms with Crippen LogP contribution in [0, 0.1) is 6.92 Å². The van der Waals surface area contributed by atoms with Gasteiger partial charge >= 0.3 is 6.09 Å². The number of rotatable bonds is 5. The van der Waals surface area contributed by atoms with E-state index in [1.54, 1.807) is 4.90 Å². The van der Waals surface area contributed by atoms with Gasteiger partial charge in [-0.3, -0.25) is 5.10 Å². The minimum Gasteiger partial charge on any atom is -0.444 e. The highest BCUT2D eigenvalue weighted by Crippen LogP contribution is 2.39. The maximum absolute atomic E-state index is 12.5. The number of anilines is 4. The largest absolute Gasteiger partial charge is 0.444 e. The zero-order chi connectivity index (χ0) is 23.9. The molecule has 1 fully saturated rings. The lowest BCUT2D eigenvalue weighted by Gasteiger charge is -2.31. The van der Waals surface area contributed by atoms with Gasteiger partial charge in [0, 0.05) is 48.2 Å². The van der Waals surface area contributed by atoms with Crippen molar-refractivity contribution in [3.05, 3.63) is 52.8 Å². The fraction of sp³-hybridized carbons (Fsp3) is 0.440. The summed E-state index contributed by atoms with van der Waals surface area (Å²) in [5.41, 5.74) is 4.70. The SMILES string of the molecule is Cc1cc(Nc2cc(C3CC3)[nH]n2)nc(Nc2ccc3c(c2)CN(C(=O)OC(C)(C)C)CC3)n1. The quantitative estimate of drug-likeness (QED) is 0.481. The van der Waals surface area contributed by atoms with Crippen molar-refractivity contribution in [3.63, 3.8) is 0 Å². The Kier molecular flexibility index (Phi) is 5.63. The van der Waals surface area contributed by atoms with Gasteiger partial charge < -0.3 is 20.3 Å². The molecule has 9 heteroatoms. The summed E-state index contributed by atoms with van der Waals surface area (Å²) in [6, 6.07) is 10.1. The Labute approximate surface area is 199 Å². The first-order valence-corrected chi connectivity index (χ1v) is 11.8. The van der Waals surface area contributed by atoms with Crippen LogP contribution in [0.4, 0.5) is 28.1 Å². The van der Waals surface area contributed by atoms with Gasteiger partial charge in [0.2, 0.25) is 5.95 Å². The Hall–Kier alpha value is -3.62. The number of nitrogens with one attached hydrogen (secondary N) is 3. The summed E-state index contributed by atoms with van der Waals surface area (Å²) in [5.74, 6) is 2.54. The third-order valence-electron chi connectivity index (χ3n) is 5.85. The van der Waals surface area contributed by atoms with Crippen LogP contribution in [0.2, 0.25) is 0 Å². The number of carbonyl (C=O) groups is 1. The molecule has 178 valence electrons. The fourth-order valence-corrected chi connectivity index (χ4v) is 4.07. The molecule has 0 atom stereocenters. The number of hydrogen-bond donors (Lipinski definition) is 3. The van der Waals surface area contributed by atoms with Gasteiger partial charge in [0.1, 0.15) is 11.4 Å². The molecule has 1 saturated carbocycles. The highest BCUT2D eigenvalue weighted by atomic mass is 16.6. The average molecular weight is 462 g/mol. The number of aromatic amines is 1. The van der Waals surface area contributed by atoms with E-state index in [2.05, 4.69) is 42.9 Å². The highest BCUT2D eigenvalue weighted by molar-refractivity contribution is 5.69. The number of amides is 1. The maximum atomic E-state index is 12.5. The van der Waals surface area contributed by atoms with Gasteiger partial charge in [0.25, 0.3) is 0 Å². The Morgan fingerprint density at radius 2 is 1.91 bits per heavy atom. The Bertz CT molecular complexity index is 1210. The van der Waals surface area contributed by atoms with E-state index in [0.29, 0.717) is 30.8 Å². The molecule has 5 rings (SSSR count). The molecule has 9 nitrogen and oxygen atoms in total. The van der Waals surface area contributed by atoms with Gasteiger partial charge in [0.05, 0.1) is 0 Å². The molecule has 0 bridgehead atoms. The molecule has 3 N–H and O–H groups in total. The van der Waals surface area contributed by atoms with Crippen molar-refractivity contribution in [3.8, 4) is 0 Å². The third kappa shape index (κ3) is 5.30. The van der Waals surface area contributed by atoms with E-state index in [4.69, 9.17) is 4.74 Å². The summed E-state index contributed by atoms with van der Waals surface area (Å²) >= 11 is 0. The summed E-state index contributed by atoms with van der Waals surface area (Å²) in [6.07, 6.45) is 2.96. The molecule has 3 aromatic rings. The van der Waals surface area contributed by atoms with E-state index in [1.165, 1.54) is 24.1 Å². The van der Waals surface area contributed by atoms with Crippen molar-refractivity contribution < 1.29 is 9.53 Å². The predicted octanol–water partition coefficient (Wildman–Crippen LogP) is 5.17. The monoisotopic (exact) mass is 461 g/mol. The molecule has 3 heterocycles. The molecule has 1 aliphatic carbocycles. The van der Waals surface area contributed by atoms with Gasteiger partial charge in [-0.2, -0.15) is 10.1 Å². The smallest absolute Gasteiger partial charge is 0.410 e. The number of fused-ring (bicyclic) bond motifs is 1. The second kappa shape index (κ2) is 8.62. The van der Waals surface area contributed by atoms with E-state index in [9.17, 15) is 4.79 Å². The number of carbonyl (C=O) groups excluding carboxylic acids is 1. The van der Waals surface area contributed by atoms with Crippen LogP contribution in [0.5, 0.6) is 0 Å². The standard InChI is InChI=1S/C25H31N7O2/c1-15-11-21(28-22-13-20(30-31-22)17-5-6-17)29-23(26-15)27-19-8-7-16-9-10-32(14-18(16)12-19)24(33)34-25(2,3)4/h7-8,11-13,17H,5-6,9-10,14H2,1-4H3,(H3,26,27,28,29,30,31). The number of nitrogens with zero attached hydrogens (tertiary/aromatic N) is 4. The minimum absolute atomic E-state index is 0.280. The summed E-state index contributed by atoms with van der Waals surface area (Å²) < 4.78 is 5.55. The molecule has 34 heavy (non-hydrogen) atoms. The Morgan fingerprint density at radius 1 is 1.09 bits per heavy atom. The van der Waals surface area contributed by atoms with Crippen LogP contribution < -0.4 is 10.6 Å². The summed E-state index contributed by atoms with van der Waals surface area (Å²) in [5, 5.41) is 14.0. The van der Waals surface area contributed by atoms with Crippen molar-refractivity contribution in [1.82, 2.24) is 25.1 Å². The van der Waals surface area contributed by atoms with Gasteiger partial charge in [-0.05, 0) is 70.2 Å². The molecule has 2 aliphatic rings. The van der Waals surface area contributed by atoms with Crippen LogP contribution in [0.1, 0.15) is 62.0 Å². The summed E-state index contributed by atoms with van der Waals surface area (Å²) in [7, 11) is 0. The van der Waals surface area contributed by atoms with Crippen LogP contribution in [0.15, 0.2) is 30.3 Å². The van der Waals surface area contributed by atoms with Crippen molar-refractivity contribution in [1.29, 1.82) is 0 Å². The van der Waals surface area contributed by atoms with E-state index in [0.717, 1.165) is 29.2 Å². The first kappa shape index (κ1) is 22.2. The van der Waals surface area contributed by atoms with E-state index in [-0.39, 0.29) is 6.09 Å². The summed E-state index contributed by atoms with van der Waals surface area (Å²) in [4.78, 5) is 23.4. The molecule has 1 amide bonds. The summed E-state index contributed by atoms with van der Waals surface area (Å²) in [6.45, 7) is 8.75. The molecule has 1 aliphatic heterocycles. The van der Waals surface area contributed by atoms with Gasteiger partial charge in [-0.25, -0.2) is 9.78 Å². The van der Waals surface area contributed by atoms with Crippen LogP contribution >= 0.6 is 0 Å². The molecule has 2 aromatic heterocycles. The number of hydrogen-bond acceptors (Lipinski definition) is 7. The average Bonchev–Trinajstić information content (AvgIpc) is 3.51. The van der Waals surface area contributed by atoms with E-state index in [1.807, 2.05) is 45.9 Å². The lowest BCUT2D eigenvalue weighted by atomic mass is 9.99. The maximum Gasteiger partial charge on any atom is 0.410 e. The van der Waals surface area contributed by atoms with Crippen LogP contribution in [-0.2, 0) is 17.7 Å². The Morgan fingerprint density at radius 3 is 2.68 bits per heavy atom. The van der Waals surface area contributed by atoms with Crippen LogP contribution in [-0.4, -0.2) is 43.3 Å². The first-order chi connectivity index (χ1) is 16.2. The lowest BCUT2D eigenvalue weighted by molar-refractivity contribution is 0.0224. The Balaban J connectivity index is 1.29. The lowest BCUT2D eigenvalue weighted by Crippen LogP contribution is -2.39. The van der Waals surface area contributed by atoms with Crippen LogP contribution in [0.25, 0.3) is 0 Å². The van der Waals surface area contributed by atoms with Crippen LogP contribution in [0.3, 0.4) is 0 Å². The zero-order valence-electron chi connectivity index (χ0n) is 20.1. The molecule has 0 radical (unpaired) electrons. The van der Waals surface area contributed by atoms with Gasteiger partial charge in [-0.1, -0.05) is 6.07 Å². The van der Waals surface area contributed by atoms with E-state index < -0.39 is 5.60 Å².